The van der Waals surface area contributed by atoms with Gasteiger partial charge < -0.3 is 5.11 Å². The van der Waals surface area contributed by atoms with Gasteiger partial charge in [0.05, 0.1) is 6.10 Å². The Bertz CT molecular complexity index is 720. The van der Waals surface area contributed by atoms with Crippen molar-refractivity contribution in [3.63, 3.8) is 0 Å². The molecule has 5 rings (SSSR count). The number of aliphatic hydroxyl groups excluding tert-OH is 1. The van der Waals surface area contributed by atoms with E-state index in [-0.39, 0.29) is 6.10 Å². The lowest BCUT2D eigenvalue weighted by Crippen LogP contribution is -2.50. The Labute approximate surface area is 185 Å². The van der Waals surface area contributed by atoms with Gasteiger partial charge in [-0.3, -0.25) is 0 Å². The maximum absolute atomic E-state index is 10.2. The van der Waals surface area contributed by atoms with E-state index in [1.807, 2.05) is 0 Å². The first kappa shape index (κ1) is 21.3. The van der Waals surface area contributed by atoms with Crippen LogP contribution in [0.1, 0.15) is 98.3 Å². The van der Waals surface area contributed by atoms with E-state index in [1.54, 1.807) is 11.1 Å². The van der Waals surface area contributed by atoms with Gasteiger partial charge in [-0.2, -0.15) is 0 Å². The fraction of sp³-hybridized carbons (Fsp3) is 0.862. The van der Waals surface area contributed by atoms with Crippen LogP contribution in [-0.4, -0.2) is 11.2 Å². The van der Waals surface area contributed by atoms with E-state index in [0.29, 0.717) is 10.8 Å². The minimum Gasteiger partial charge on any atom is -0.393 e. The molecule has 4 saturated carbocycles. The molecule has 30 heavy (non-hydrogen) atoms. The van der Waals surface area contributed by atoms with Crippen LogP contribution in [0.2, 0.25) is 0 Å². The zero-order valence-corrected chi connectivity index (χ0v) is 20.1. The minimum atomic E-state index is -0.0880. The molecule has 0 aromatic rings. The summed E-state index contributed by atoms with van der Waals surface area (Å²) in [6.45, 7) is 14.8. The summed E-state index contributed by atoms with van der Waals surface area (Å²) >= 11 is 0. The summed E-state index contributed by atoms with van der Waals surface area (Å²) in [5, 5.41) is 10.2. The molecule has 0 saturated heterocycles. The van der Waals surface area contributed by atoms with Gasteiger partial charge in [0.15, 0.2) is 0 Å². The Hall–Kier alpha value is -0.560. The van der Waals surface area contributed by atoms with Crippen molar-refractivity contribution < 1.29 is 5.11 Å². The number of aliphatic hydroxyl groups is 1. The third-order valence-electron chi connectivity index (χ3n) is 11.4. The molecule has 0 aromatic heterocycles. The first-order valence-electron chi connectivity index (χ1n) is 13.3. The molecule has 0 aromatic carbocycles. The Morgan fingerprint density at radius 2 is 1.93 bits per heavy atom. The van der Waals surface area contributed by atoms with Crippen LogP contribution in [0.3, 0.4) is 0 Å². The minimum absolute atomic E-state index is 0.0880. The Morgan fingerprint density at radius 1 is 1.17 bits per heavy atom. The van der Waals surface area contributed by atoms with Crippen LogP contribution in [0.4, 0.5) is 0 Å². The highest BCUT2D eigenvalue weighted by Gasteiger charge is 2.58. The fourth-order valence-corrected chi connectivity index (χ4v) is 9.26. The highest BCUT2D eigenvalue weighted by molar-refractivity contribution is 5.26. The molecule has 5 aliphatic carbocycles. The lowest BCUT2D eigenvalue weighted by atomic mass is 9.47. The van der Waals surface area contributed by atoms with Crippen LogP contribution >= 0.6 is 0 Å². The Kier molecular flexibility index (Phi) is 5.32. The fourth-order valence-electron chi connectivity index (χ4n) is 9.26. The smallest absolute Gasteiger partial charge is 0.0577 e. The summed E-state index contributed by atoms with van der Waals surface area (Å²) in [4.78, 5) is 0. The van der Waals surface area contributed by atoms with E-state index in [2.05, 4.69) is 33.8 Å². The molecule has 4 fully saturated rings. The predicted molar refractivity (Wildman–Crippen MR) is 126 cm³/mol. The van der Waals surface area contributed by atoms with Crippen molar-refractivity contribution in [2.24, 2.45) is 52.3 Å². The average molecular weight is 411 g/mol. The molecule has 0 amide bonds. The SMILES string of the molecule is C=C(CC[C@@H](C)[C@@H]1C[C@H]1C)[C@H]1CC[C@H]2[C@@H]3CC=C4C[C@@H](O)CC[C@]4(C)[C@H]3CC[C@]12C. The molecular weight excluding hydrogens is 364 g/mol. The van der Waals surface area contributed by atoms with Crippen molar-refractivity contribution in [3.05, 3.63) is 23.8 Å². The number of rotatable bonds is 5. The largest absolute Gasteiger partial charge is 0.393 e. The lowest BCUT2D eigenvalue weighted by molar-refractivity contribution is -0.0457. The van der Waals surface area contributed by atoms with Gasteiger partial charge >= 0.3 is 0 Å². The highest BCUT2D eigenvalue weighted by Crippen LogP contribution is 2.67. The van der Waals surface area contributed by atoms with Gasteiger partial charge in [0, 0.05) is 0 Å². The van der Waals surface area contributed by atoms with Crippen LogP contribution in [0, 0.1) is 52.3 Å². The molecule has 1 N–H and O–H groups in total. The summed E-state index contributed by atoms with van der Waals surface area (Å²) in [6.07, 6.45) is 16.7. The van der Waals surface area contributed by atoms with E-state index in [4.69, 9.17) is 6.58 Å². The first-order chi connectivity index (χ1) is 14.2. The Morgan fingerprint density at radius 3 is 2.67 bits per heavy atom. The van der Waals surface area contributed by atoms with Gasteiger partial charge in [0.25, 0.3) is 0 Å². The van der Waals surface area contributed by atoms with Crippen molar-refractivity contribution in [1.82, 2.24) is 0 Å². The molecule has 0 radical (unpaired) electrons. The van der Waals surface area contributed by atoms with Crippen LogP contribution < -0.4 is 0 Å². The second-order valence-corrected chi connectivity index (χ2v) is 12.9. The molecule has 5 aliphatic rings. The second kappa shape index (κ2) is 7.50. The quantitative estimate of drug-likeness (QED) is 0.464. The van der Waals surface area contributed by atoms with E-state index in [9.17, 15) is 5.11 Å². The lowest BCUT2D eigenvalue weighted by Gasteiger charge is -2.58. The molecule has 0 aliphatic heterocycles. The van der Waals surface area contributed by atoms with Gasteiger partial charge in [0.1, 0.15) is 0 Å². The van der Waals surface area contributed by atoms with E-state index in [1.165, 1.54) is 57.8 Å². The maximum Gasteiger partial charge on any atom is 0.0577 e. The molecule has 0 spiro atoms. The van der Waals surface area contributed by atoms with Gasteiger partial charge in [-0.1, -0.05) is 51.5 Å². The number of hydrogen-bond donors (Lipinski definition) is 1. The number of hydrogen-bond acceptors (Lipinski definition) is 1. The van der Waals surface area contributed by atoms with Crippen LogP contribution in [0.15, 0.2) is 23.8 Å². The van der Waals surface area contributed by atoms with Crippen molar-refractivity contribution in [2.75, 3.05) is 0 Å². The van der Waals surface area contributed by atoms with Crippen LogP contribution in [-0.2, 0) is 0 Å². The van der Waals surface area contributed by atoms with Crippen molar-refractivity contribution >= 4 is 0 Å². The maximum atomic E-state index is 10.2. The first-order valence-corrected chi connectivity index (χ1v) is 13.3. The third kappa shape index (κ3) is 3.28. The number of allylic oxidation sites excluding steroid dienone is 2. The van der Waals surface area contributed by atoms with E-state index >= 15 is 0 Å². The standard InChI is InChI=1S/C29H46O/c1-18(24-16-20(24)3)6-7-19(2)25-10-11-26-23-9-8-21-17-22(30)12-14-28(21,4)27(23)13-15-29(25,26)5/h8,18,20,22-27,30H,2,6-7,9-17H2,1,3-5H3/t18-,20-,22+,23+,24+,25-,26+,27+,28+,29-/m1/s1. The summed E-state index contributed by atoms with van der Waals surface area (Å²) in [6, 6.07) is 0. The summed E-state index contributed by atoms with van der Waals surface area (Å²) in [7, 11) is 0. The molecule has 1 nitrogen and oxygen atoms in total. The van der Waals surface area contributed by atoms with Gasteiger partial charge in [-0.25, -0.2) is 0 Å². The molecule has 0 unspecified atom stereocenters. The zero-order chi connectivity index (χ0) is 21.3. The third-order valence-corrected chi connectivity index (χ3v) is 11.4. The number of fused-ring (bicyclic) bond motifs is 5. The molecular formula is C29H46O. The van der Waals surface area contributed by atoms with E-state index in [0.717, 1.165) is 54.3 Å². The van der Waals surface area contributed by atoms with Gasteiger partial charge in [0.2, 0.25) is 0 Å². The van der Waals surface area contributed by atoms with Crippen LogP contribution in [0.5, 0.6) is 0 Å². The van der Waals surface area contributed by atoms with Gasteiger partial charge in [-0.05, 0) is 123 Å². The topological polar surface area (TPSA) is 20.2 Å². The molecule has 0 heterocycles. The molecule has 1 heteroatoms. The predicted octanol–water partition coefficient (Wildman–Crippen LogP) is 7.55. The molecule has 168 valence electrons. The zero-order valence-electron chi connectivity index (χ0n) is 20.1. The van der Waals surface area contributed by atoms with E-state index < -0.39 is 0 Å². The van der Waals surface area contributed by atoms with Crippen molar-refractivity contribution in [2.45, 2.75) is 104 Å². The summed E-state index contributed by atoms with van der Waals surface area (Å²) in [5.74, 6) is 6.24. The van der Waals surface area contributed by atoms with Crippen molar-refractivity contribution in [1.29, 1.82) is 0 Å². The summed E-state index contributed by atoms with van der Waals surface area (Å²) in [5.41, 5.74) is 4.06. The van der Waals surface area contributed by atoms with Crippen LogP contribution in [0.25, 0.3) is 0 Å². The second-order valence-electron chi connectivity index (χ2n) is 12.9. The highest BCUT2D eigenvalue weighted by atomic mass is 16.3. The average Bonchev–Trinajstić information content (AvgIpc) is 3.33. The monoisotopic (exact) mass is 410 g/mol. The summed E-state index contributed by atoms with van der Waals surface area (Å²) < 4.78 is 0. The van der Waals surface area contributed by atoms with Crippen molar-refractivity contribution in [3.8, 4) is 0 Å². The normalized spacial score (nSPS) is 50.7. The molecule has 0 bridgehead atoms. The van der Waals surface area contributed by atoms with Gasteiger partial charge in [-0.15, -0.1) is 0 Å². The molecule has 10 atom stereocenters. The Balaban J connectivity index is 1.29.